The van der Waals surface area contributed by atoms with Crippen LogP contribution in [-0.2, 0) is 29.3 Å². The molecular weight excluding hydrogens is 346 g/mol. The number of sulfone groups is 1. The highest BCUT2D eigenvalue weighted by Crippen LogP contribution is 2.17. The summed E-state index contributed by atoms with van der Waals surface area (Å²) >= 11 is 0. The van der Waals surface area contributed by atoms with E-state index in [0.717, 1.165) is 30.7 Å². The van der Waals surface area contributed by atoms with Gasteiger partial charge in [0.25, 0.3) is 0 Å². The Hall–Kier alpha value is -1.92. The van der Waals surface area contributed by atoms with Gasteiger partial charge in [-0.15, -0.1) is 0 Å². The van der Waals surface area contributed by atoms with Gasteiger partial charge in [0.2, 0.25) is 15.0 Å². The predicted octanol–water partition coefficient (Wildman–Crippen LogP) is 3.32. The van der Waals surface area contributed by atoms with Crippen LogP contribution in [0.1, 0.15) is 31.5 Å². The lowest BCUT2D eigenvalue weighted by Crippen LogP contribution is -2.23. The van der Waals surface area contributed by atoms with Gasteiger partial charge in [-0.25, -0.2) is 13.4 Å². The summed E-state index contributed by atoms with van der Waals surface area (Å²) in [6, 6.07) is 10.2. The van der Waals surface area contributed by atoms with Gasteiger partial charge in [-0.1, -0.05) is 49.4 Å². The van der Waals surface area contributed by atoms with Crippen molar-refractivity contribution in [1.29, 1.82) is 0 Å². The Balaban J connectivity index is 2.18. The average molecular weight is 376 g/mol. The van der Waals surface area contributed by atoms with Gasteiger partial charge >= 0.3 is 0 Å². The van der Waals surface area contributed by atoms with E-state index in [1.54, 1.807) is 13.1 Å². The molecule has 2 aromatic rings. The van der Waals surface area contributed by atoms with E-state index >= 15 is 0 Å². The lowest BCUT2D eigenvalue weighted by Gasteiger charge is -2.18. The SMILES string of the molecule is C=C(C)CN(C)Cc1cnc(S(=O)(=O)CC)n1CCCc1ccccc1. The summed E-state index contributed by atoms with van der Waals surface area (Å²) in [6.45, 7) is 9.64. The monoisotopic (exact) mass is 375 g/mol. The molecule has 0 N–H and O–H groups in total. The Labute approximate surface area is 157 Å². The molecule has 2 rings (SSSR count). The van der Waals surface area contributed by atoms with Crippen LogP contribution in [-0.4, -0.2) is 42.2 Å². The fourth-order valence-electron chi connectivity index (χ4n) is 3.01. The summed E-state index contributed by atoms with van der Waals surface area (Å²) in [5.74, 6) is 0.0593. The quantitative estimate of drug-likeness (QED) is 0.598. The molecule has 0 saturated carbocycles. The predicted molar refractivity (Wildman–Crippen MR) is 106 cm³/mol. The smallest absolute Gasteiger partial charge is 0.227 e. The largest absolute Gasteiger partial charge is 0.318 e. The van der Waals surface area contributed by atoms with Crippen LogP contribution in [0.3, 0.4) is 0 Å². The van der Waals surface area contributed by atoms with Gasteiger partial charge in [-0.05, 0) is 32.4 Å². The minimum Gasteiger partial charge on any atom is -0.318 e. The first-order valence-electron chi connectivity index (χ1n) is 8.97. The maximum atomic E-state index is 12.4. The highest BCUT2D eigenvalue weighted by atomic mass is 32.2. The zero-order valence-electron chi connectivity index (χ0n) is 16.0. The van der Waals surface area contributed by atoms with Crippen LogP contribution in [0.15, 0.2) is 53.8 Å². The molecule has 0 aliphatic heterocycles. The lowest BCUT2D eigenvalue weighted by molar-refractivity contribution is 0.340. The van der Waals surface area contributed by atoms with Crippen molar-refractivity contribution in [3.05, 3.63) is 59.9 Å². The maximum Gasteiger partial charge on any atom is 0.227 e. The number of imidazole rings is 1. The zero-order valence-corrected chi connectivity index (χ0v) is 16.8. The number of likely N-dealkylation sites (N-methyl/N-ethyl adjacent to an activating group) is 1. The minimum absolute atomic E-state index is 0.0593. The Bertz CT molecular complexity index is 826. The lowest BCUT2D eigenvalue weighted by atomic mass is 10.1. The molecule has 1 heterocycles. The second-order valence-corrected chi connectivity index (χ2v) is 8.98. The number of rotatable bonds is 10. The number of aromatic nitrogens is 2. The van der Waals surface area contributed by atoms with Crippen LogP contribution in [0.4, 0.5) is 0 Å². The third kappa shape index (κ3) is 5.54. The van der Waals surface area contributed by atoms with Crippen LogP contribution < -0.4 is 0 Å². The van der Waals surface area contributed by atoms with Gasteiger partial charge in [0, 0.05) is 19.6 Å². The van der Waals surface area contributed by atoms with Gasteiger partial charge in [0.1, 0.15) is 0 Å². The first kappa shape index (κ1) is 20.4. The molecule has 0 atom stereocenters. The number of aryl methyl sites for hydroxylation is 1. The van der Waals surface area contributed by atoms with E-state index in [4.69, 9.17) is 0 Å². The summed E-state index contributed by atoms with van der Waals surface area (Å²) in [6.07, 6.45) is 3.47. The Morgan fingerprint density at radius 1 is 1.27 bits per heavy atom. The fourth-order valence-corrected chi connectivity index (χ4v) is 4.03. The van der Waals surface area contributed by atoms with Gasteiger partial charge in [0.05, 0.1) is 17.6 Å². The molecule has 1 aromatic carbocycles. The van der Waals surface area contributed by atoms with Crippen LogP contribution in [0.5, 0.6) is 0 Å². The van der Waals surface area contributed by atoms with Gasteiger partial charge in [-0.2, -0.15) is 0 Å². The molecule has 0 fully saturated rings. The van der Waals surface area contributed by atoms with Crippen LogP contribution in [0, 0.1) is 0 Å². The number of hydrogen-bond donors (Lipinski definition) is 0. The Morgan fingerprint density at radius 3 is 2.58 bits per heavy atom. The first-order valence-corrected chi connectivity index (χ1v) is 10.6. The van der Waals surface area contributed by atoms with Crippen molar-refractivity contribution in [2.45, 2.75) is 44.9 Å². The molecule has 0 saturated heterocycles. The van der Waals surface area contributed by atoms with Crippen molar-refractivity contribution >= 4 is 9.84 Å². The minimum atomic E-state index is -3.35. The Morgan fingerprint density at radius 2 is 1.96 bits per heavy atom. The van der Waals surface area contributed by atoms with Crippen LogP contribution >= 0.6 is 0 Å². The zero-order chi connectivity index (χ0) is 19.2. The van der Waals surface area contributed by atoms with Crippen molar-refractivity contribution < 1.29 is 8.42 Å². The topological polar surface area (TPSA) is 55.2 Å². The fraction of sp³-hybridized carbons (Fsp3) is 0.450. The van der Waals surface area contributed by atoms with E-state index in [1.165, 1.54) is 5.56 Å². The summed E-state index contributed by atoms with van der Waals surface area (Å²) in [7, 11) is -1.34. The summed E-state index contributed by atoms with van der Waals surface area (Å²) in [5.41, 5.74) is 3.26. The van der Waals surface area contributed by atoms with E-state index in [-0.39, 0.29) is 10.9 Å². The number of benzene rings is 1. The first-order chi connectivity index (χ1) is 12.3. The van der Waals surface area contributed by atoms with E-state index in [2.05, 4.69) is 28.6 Å². The van der Waals surface area contributed by atoms with Crippen molar-refractivity contribution in [1.82, 2.24) is 14.5 Å². The number of hydrogen-bond acceptors (Lipinski definition) is 4. The molecule has 1 aromatic heterocycles. The molecule has 0 bridgehead atoms. The van der Waals surface area contributed by atoms with E-state index in [9.17, 15) is 8.42 Å². The summed E-state index contributed by atoms with van der Waals surface area (Å²) < 4.78 is 26.7. The second kappa shape index (κ2) is 9.14. The highest BCUT2D eigenvalue weighted by Gasteiger charge is 2.21. The van der Waals surface area contributed by atoms with Crippen molar-refractivity contribution in [3.8, 4) is 0 Å². The molecule has 26 heavy (non-hydrogen) atoms. The maximum absolute atomic E-state index is 12.4. The van der Waals surface area contributed by atoms with Crippen molar-refractivity contribution in [2.75, 3.05) is 19.3 Å². The Kier molecular flexibility index (Phi) is 7.17. The standard InChI is InChI=1S/C20H29N3O2S/c1-5-26(24,25)20-21-14-19(16-22(4)15-17(2)3)23(20)13-9-12-18-10-7-6-8-11-18/h6-8,10-11,14H,2,5,9,12-13,15-16H2,1,3-4H3. The van der Waals surface area contributed by atoms with E-state index in [0.29, 0.717) is 13.1 Å². The van der Waals surface area contributed by atoms with Crippen molar-refractivity contribution in [3.63, 3.8) is 0 Å². The molecular formula is C20H29N3O2S. The van der Waals surface area contributed by atoms with E-state index in [1.807, 2.05) is 36.7 Å². The van der Waals surface area contributed by atoms with Gasteiger partial charge in [-0.3, -0.25) is 4.90 Å². The second-order valence-electron chi connectivity index (χ2n) is 6.81. The molecule has 142 valence electrons. The molecule has 0 spiro atoms. The molecule has 0 aliphatic carbocycles. The molecule has 5 nitrogen and oxygen atoms in total. The van der Waals surface area contributed by atoms with E-state index < -0.39 is 9.84 Å². The third-order valence-electron chi connectivity index (χ3n) is 4.22. The van der Waals surface area contributed by atoms with Crippen LogP contribution in [0.25, 0.3) is 0 Å². The average Bonchev–Trinajstić information content (AvgIpc) is 2.98. The highest BCUT2D eigenvalue weighted by molar-refractivity contribution is 7.91. The van der Waals surface area contributed by atoms with Gasteiger partial charge in [0.15, 0.2) is 0 Å². The molecule has 0 amide bonds. The van der Waals surface area contributed by atoms with Crippen molar-refractivity contribution in [2.24, 2.45) is 0 Å². The third-order valence-corrected chi connectivity index (χ3v) is 5.86. The molecule has 0 aliphatic rings. The summed E-state index contributed by atoms with van der Waals surface area (Å²) in [4.78, 5) is 6.36. The van der Waals surface area contributed by atoms with Gasteiger partial charge < -0.3 is 4.57 Å². The summed E-state index contributed by atoms with van der Waals surface area (Å²) in [5, 5.41) is 0.187. The molecule has 6 heteroatoms. The molecule has 0 radical (unpaired) electrons. The normalized spacial score (nSPS) is 11.8. The van der Waals surface area contributed by atoms with Crippen LogP contribution in [0.2, 0.25) is 0 Å². The number of nitrogens with zero attached hydrogens (tertiary/aromatic N) is 3. The molecule has 0 unspecified atom stereocenters.